The van der Waals surface area contributed by atoms with E-state index in [1.807, 2.05) is 19.1 Å². The van der Waals surface area contributed by atoms with E-state index in [-0.39, 0.29) is 11.5 Å². The Balaban J connectivity index is 2.64. The lowest BCUT2D eigenvalue weighted by atomic mass is 9.82. The molecule has 0 spiro atoms. The fourth-order valence-corrected chi connectivity index (χ4v) is 2.72. The summed E-state index contributed by atoms with van der Waals surface area (Å²) in [6, 6.07) is 6.19. The van der Waals surface area contributed by atoms with Crippen molar-refractivity contribution in [2.75, 3.05) is 18.5 Å². The maximum Gasteiger partial charge on any atom is 0.0765 e. The summed E-state index contributed by atoms with van der Waals surface area (Å²) in [7, 11) is 2.11. The molecular weight excluding hydrogens is 186 g/mol. The van der Waals surface area contributed by atoms with Gasteiger partial charge in [0.15, 0.2) is 0 Å². The minimum Gasteiger partial charge on any atom is -0.389 e. The van der Waals surface area contributed by atoms with Crippen molar-refractivity contribution in [3.8, 4) is 0 Å². The maximum atomic E-state index is 9.79. The molecule has 1 aromatic carbocycles. The predicted octanol–water partition coefficient (Wildman–Crippen LogP) is 2.47. The Morgan fingerprint density at radius 2 is 2.07 bits per heavy atom. The van der Waals surface area contributed by atoms with Crippen molar-refractivity contribution in [2.24, 2.45) is 0 Å². The van der Waals surface area contributed by atoms with Gasteiger partial charge in [-0.2, -0.15) is 0 Å². The van der Waals surface area contributed by atoms with Gasteiger partial charge in [-0.25, -0.2) is 0 Å². The fourth-order valence-electron chi connectivity index (χ4n) is 2.72. The van der Waals surface area contributed by atoms with E-state index in [1.165, 1.54) is 11.3 Å². The highest BCUT2D eigenvalue weighted by molar-refractivity contribution is 5.64. The van der Waals surface area contributed by atoms with E-state index in [9.17, 15) is 5.11 Å². The van der Waals surface area contributed by atoms with Crippen molar-refractivity contribution < 1.29 is 5.11 Å². The molecule has 2 rings (SSSR count). The Bertz CT molecular complexity index is 382. The molecule has 0 aliphatic carbocycles. The van der Waals surface area contributed by atoms with Gasteiger partial charge in [0.05, 0.1) is 6.10 Å². The van der Waals surface area contributed by atoms with Crippen LogP contribution in [0.4, 0.5) is 5.69 Å². The van der Waals surface area contributed by atoms with Crippen LogP contribution in [0.1, 0.15) is 38.0 Å². The zero-order valence-corrected chi connectivity index (χ0v) is 9.91. The molecule has 0 saturated carbocycles. The van der Waals surface area contributed by atoms with Gasteiger partial charge in [-0.05, 0) is 24.1 Å². The van der Waals surface area contributed by atoms with E-state index >= 15 is 0 Å². The van der Waals surface area contributed by atoms with Crippen molar-refractivity contribution in [2.45, 2.75) is 32.3 Å². The summed E-state index contributed by atoms with van der Waals surface area (Å²) in [4.78, 5) is 2.27. The van der Waals surface area contributed by atoms with E-state index in [1.54, 1.807) is 0 Å². The summed E-state index contributed by atoms with van der Waals surface area (Å²) < 4.78 is 0. The van der Waals surface area contributed by atoms with E-state index in [0.29, 0.717) is 0 Å². The van der Waals surface area contributed by atoms with Crippen LogP contribution in [0, 0.1) is 0 Å². The highest BCUT2D eigenvalue weighted by Crippen LogP contribution is 2.43. The second-order valence-electron chi connectivity index (χ2n) is 5.16. The number of aliphatic hydroxyl groups is 1. The van der Waals surface area contributed by atoms with Gasteiger partial charge in [0, 0.05) is 24.7 Å². The average Bonchev–Trinajstić information content (AvgIpc) is 2.37. The number of fused-ring (bicyclic) bond motifs is 1. The lowest BCUT2D eigenvalue weighted by Crippen LogP contribution is -2.25. The number of aliphatic hydroxyl groups excluding tert-OH is 1. The second-order valence-corrected chi connectivity index (χ2v) is 5.16. The van der Waals surface area contributed by atoms with Crippen LogP contribution in [0.15, 0.2) is 18.2 Å². The van der Waals surface area contributed by atoms with E-state index in [0.717, 1.165) is 12.1 Å². The highest BCUT2D eigenvalue weighted by Gasteiger charge is 2.35. The molecule has 1 N–H and O–H groups in total. The van der Waals surface area contributed by atoms with Crippen LogP contribution in [0.2, 0.25) is 0 Å². The van der Waals surface area contributed by atoms with Crippen LogP contribution in [-0.4, -0.2) is 18.7 Å². The molecule has 82 valence electrons. The first-order valence-electron chi connectivity index (χ1n) is 5.46. The number of likely N-dealkylation sites (N-methyl/N-ethyl adjacent to an activating group) is 1. The van der Waals surface area contributed by atoms with Gasteiger partial charge < -0.3 is 10.0 Å². The topological polar surface area (TPSA) is 23.5 Å². The molecule has 2 nitrogen and oxygen atoms in total. The number of hydrogen-bond acceptors (Lipinski definition) is 2. The number of anilines is 1. The first-order valence-corrected chi connectivity index (χ1v) is 5.46. The Hall–Kier alpha value is -1.02. The van der Waals surface area contributed by atoms with Crippen LogP contribution in [0.5, 0.6) is 0 Å². The Morgan fingerprint density at radius 1 is 1.40 bits per heavy atom. The average molecular weight is 205 g/mol. The molecule has 1 atom stereocenters. The van der Waals surface area contributed by atoms with Crippen LogP contribution < -0.4 is 4.90 Å². The minimum atomic E-state index is -0.384. The molecule has 0 fully saturated rings. The van der Waals surface area contributed by atoms with Crippen molar-refractivity contribution in [3.63, 3.8) is 0 Å². The molecule has 1 aliphatic heterocycles. The lowest BCUT2D eigenvalue weighted by molar-refractivity contribution is 0.197. The van der Waals surface area contributed by atoms with Gasteiger partial charge in [-0.3, -0.25) is 0 Å². The predicted molar refractivity (Wildman–Crippen MR) is 63.4 cm³/mol. The molecule has 1 aromatic rings. The normalized spacial score (nSPS) is 20.2. The lowest BCUT2D eigenvalue weighted by Gasteiger charge is -2.22. The molecule has 1 heterocycles. The van der Waals surface area contributed by atoms with Crippen LogP contribution in [0.3, 0.4) is 0 Å². The molecule has 0 aromatic heterocycles. The molecule has 1 aliphatic rings. The number of benzene rings is 1. The van der Waals surface area contributed by atoms with Crippen LogP contribution in [0.25, 0.3) is 0 Å². The summed E-state index contributed by atoms with van der Waals surface area (Å²) in [6.45, 7) is 7.33. The summed E-state index contributed by atoms with van der Waals surface area (Å²) in [5, 5.41) is 9.79. The third-order valence-corrected chi connectivity index (χ3v) is 3.25. The minimum absolute atomic E-state index is 0.137. The van der Waals surface area contributed by atoms with Crippen LogP contribution in [-0.2, 0) is 5.41 Å². The molecule has 0 bridgehead atoms. The largest absolute Gasteiger partial charge is 0.389 e. The quantitative estimate of drug-likeness (QED) is 0.761. The van der Waals surface area contributed by atoms with E-state index in [4.69, 9.17) is 0 Å². The van der Waals surface area contributed by atoms with Gasteiger partial charge >= 0.3 is 0 Å². The molecule has 15 heavy (non-hydrogen) atoms. The molecule has 0 radical (unpaired) electrons. The number of nitrogens with zero attached hydrogens (tertiary/aromatic N) is 1. The van der Waals surface area contributed by atoms with Crippen LogP contribution >= 0.6 is 0 Å². The zero-order chi connectivity index (χ0) is 11.2. The van der Waals surface area contributed by atoms with E-state index in [2.05, 4.69) is 31.9 Å². The summed E-state index contributed by atoms with van der Waals surface area (Å²) in [6.07, 6.45) is -0.384. The smallest absolute Gasteiger partial charge is 0.0765 e. The van der Waals surface area contributed by atoms with Gasteiger partial charge in [0.1, 0.15) is 0 Å². The Labute approximate surface area is 91.5 Å². The summed E-state index contributed by atoms with van der Waals surface area (Å²) in [5.74, 6) is 0. The van der Waals surface area contributed by atoms with E-state index < -0.39 is 0 Å². The van der Waals surface area contributed by atoms with Gasteiger partial charge in [-0.15, -0.1) is 0 Å². The first kappa shape index (κ1) is 10.5. The molecule has 2 heteroatoms. The monoisotopic (exact) mass is 205 g/mol. The first-order chi connectivity index (χ1) is 6.93. The maximum absolute atomic E-state index is 9.79. The molecule has 0 amide bonds. The zero-order valence-electron chi connectivity index (χ0n) is 9.91. The van der Waals surface area contributed by atoms with Crippen molar-refractivity contribution in [1.29, 1.82) is 0 Å². The van der Waals surface area contributed by atoms with Gasteiger partial charge in [-0.1, -0.05) is 26.0 Å². The van der Waals surface area contributed by atoms with Gasteiger partial charge in [0.2, 0.25) is 0 Å². The number of hydrogen-bond donors (Lipinski definition) is 1. The highest BCUT2D eigenvalue weighted by atomic mass is 16.3. The molecule has 0 saturated heterocycles. The molecular formula is C13H19NO. The Morgan fingerprint density at radius 3 is 2.67 bits per heavy atom. The standard InChI is InChI=1S/C13H19NO/c1-9(15)10-6-5-7-11-12(10)13(2,3)8-14(11)4/h5-7,9,15H,8H2,1-4H3. The van der Waals surface area contributed by atoms with Crippen molar-refractivity contribution in [3.05, 3.63) is 29.3 Å². The third kappa shape index (κ3) is 1.53. The van der Waals surface area contributed by atoms with Crippen molar-refractivity contribution in [1.82, 2.24) is 0 Å². The fraction of sp³-hybridized carbons (Fsp3) is 0.538. The number of rotatable bonds is 1. The second kappa shape index (κ2) is 3.24. The third-order valence-electron chi connectivity index (χ3n) is 3.25. The summed E-state index contributed by atoms with van der Waals surface area (Å²) >= 11 is 0. The molecule has 1 unspecified atom stereocenters. The Kier molecular flexibility index (Phi) is 2.27. The SMILES string of the molecule is CC(O)c1cccc2c1C(C)(C)CN2C. The summed E-state index contributed by atoms with van der Waals surface area (Å²) in [5.41, 5.74) is 3.78. The van der Waals surface area contributed by atoms with Gasteiger partial charge in [0.25, 0.3) is 0 Å². The van der Waals surface area contributed by atoms with Crippen molar-refractivity contribution >= 4 is 5.69 Å².